The van der Waals surface area contributed by atoms with Crippen LogP contribution in [0.5, 0.6) is 0 Å². The Hall–Kier alpha value is -0.770. The van der Waals surface area contributed by atoms with Gasteiger partial charge in [-0.1, -0.05) is 37.6 Å². The van der Waals surface area contributed by atoms with Gasteiger partial charge in [0.2, 0.25) is 5.91 Å². The maximum atomic E-state index is 13.0. The summed E-state index contributed by atoms with van der Waals surface area (Å²) in [5.74, 6) is 0.266. The number of nitrogens with zero attached hydrogens (tertiary/aromatic N) is 1. The summed E-state index contributed by atoms with van der Waals surface area (Å²) in [5.41, 5.74) is 0.731. The lowest BCUT2D eigenvalue weighted by molar-refractivity contribution is -0.140. The monoisotopic (exact) mass is 356 g/mol. The molecule has 23 heavy (non-hydrogen) atoms. The molecule has 2 atom stereocenters. The largest absolute Gasteiger partial charge is 0.341 e. The molecule has 0 aromatic heterocycles. The number of carbonyl (C=O) groups is 1. The van der Waals surface area contributed by atoms with Crippen LogP contribution in [0.15, 0.2) is 24.3 Å². The second-order valence-electron chi connectivity index (χ2n) is 7.37. The van der Waals surface area contributed by atoms with E-state index in [9.17, 15) is 4.79 Å². The Labute approximate surface area is 150 Å². The maximum Gasteiger partial charge on any atom is 0.228 e. The molecule has 5 heteroatoms. The van der Waals surface area contributed by atoms with Gasteiger partial charge in [-0.25, -0.2) is 0 Å². The van der Waals surface area contributed by atoms with Crippen LogP contribution in [0.2, 0.25) is 5.02 Å². The summed E-state index contributed by atoms with van der Waals surface area (Å²) in [6.07, 6.45) is 4.27. The summed E-state index contributed by atoms with van der Waals surface area (Å²) in [5, 5.41) is 4.37. The van der Waals surface area contributed by atoms with E-state index < -0.39 is 5.41 Å². The van der Waals surface area contributed by atoms with E-state index in [-0.39, 0.29) is 18.3 Å². The van der Waals surface area contributed by atoms with Crippen molar-refractivity contribution in [3.05, 3.63) is 34.9 Å². The van der Waals surface area contributed by atoms with Crippen LogP contribution in [0.1, 0.15) is 38.7 Å². The maximum absolute atomic E-state index is 13.0. The van der Waals surface area contributed by atoms with Crippen molar-refractivity contribution >= 4 is 29.9 Å². The van der Waals surface area contributed by atoms with Crippen molar-refractivity contribution in [1.82, 2.24) is 10.2 Å². The molecule has 0 saturated carbocycles. The number of hydrogen-bond donors (Lipinski definition) is 1. The molecule has 3 nitrogen and oxygen atoms in total. The zero-order chi connectivity index (χ0) is 15.7. The Morgan fingerprint density at radius 1 is 1.30 bits per heavy atom. The molecule has 128 valence electrons. The van der Waals surface area contributed by atoms with E-state index in [1.54, 1.807) is 0 Å². The van der Waals surface area contributed by atoms with Gasteiger partial charge >= 0.3 is 0 Å². The number of likely N-dealkylation sites (tertiary alicyclic amines) is 1. The summed E-state index contributed by atoms with van der Waals surface area (Å²) < 4.78 is 0. The van der Waals surface area contributed by atoms with Crippen molar-refractivity contribution in [1.29, 1.82) is 0 Å². The SMILES string of the molecule is CC(C)(Cc1cccc(Cl)c1)C(=O)N1CCC2CCC(C1)N2.Cl. The lowest BCUT2D eigenvalue weighted by atomic mass is 9.84. The van der Waals surface area contributed by atoms with Crippen molar-refractivity contribution < 1.29 is 4.79 Å². The normalized spacial score (nSPS) is 24.0. The molecule has 2 unspecified atom stereocenters. The molecule has 3 rings (SSSR count). The van der Waals surface area contributed by atoms with E-state index >= 15 is 0 Å². The minimum absolute atomic E-state index is 0. The van der Waals surface area contributed by atoms with Crippen LogP contribution in [0, 0.1) is 5.41 Å². The molecule has 2 saturated heterocycles. The minimum Gasteiger partial charge on any atom is -0.341 e. The van der Waals surface area contributed by atoms with Gasteiger partial charge < -0.3 is 10.2 Å². The van der Waals surface area contributed by atoms with Crippen molar-refractivity contribution in [3.8, 4) is 0 Å². The Bertz CT molecular complexity index is 562. The summed E-state index contributed by atoms with van der Waals surface area (Å²) in [6, 6.07) is 8.93. The van der Waals surface area contributed by atoms with Crippen LogP contribution >= 0.6 is 24.0 Å². The molecule has 1 amide bonds. The van der Waals surface area contributed by atoms with E-state index in [2.05, 4.69) is 10.2 Å². The standard InChI is InChI=1S/C18H25ClN2O.ClH/c1-18(2,11-13-4-3-5-14(19)10-13)17(22)21-9-8-15-6-7-16(12-21)20-15;/h3-5,10,15-16,20H,6-9,11-12H2,1-2H3;1H. The number of halogens is 2. The molecule has 1 aromatic carbocycles. The quantitative estimate of drug-likeness (QED) is 0.895. The number of rotatable bonds is 3. The van der Waals surface area contributed by atoms with Gasteiger partial charge in [0, 0.05) is 35.6 Å². The third kappa shape index (κ3) is 4.40. The highest BCUT2D eigenvalue weighted by atomic mass is 35.5. The van der Waals surface area contributed by atoms with Crippen LogP contribution in [-0.2, 0) is 11.2 Å². The average molecular weight is 357 g/mol. The van der Waals surface area contributed by atoms with Crippen molar-refractivity contribution in [3.63, 3.8) is 0 Å². The molecule has 0 aliphatic carbocycles. The first-order chi connectivity index (χ1) is 10.4. The zero-order valence-corrected chi connectivity index (χ0v) is 15.4. The van der Waals surface area contributed by atoms with Crippen molar-refractivity contribution in [2.75, 3.05) is 13.1 Å². The van der Waals surface area contributed by atoms with Crippen molar-refractivity contribution in [2.24, 2.45) is 5.41 Å². The average Bonchev–Trinajstić information content (AvgIpc) is 2.77. The Morgan fingerprint density at radius 2 is 2.04 bits per heavy atom. The molecule has 0 spiro atoms. The molecule has 2 heterocycles. The minimum atomic E-state index is -0.395. The van der Waals surface area contributed by atoms with Crippen LogP contribution in [-0.4, -0.2) is 36.0 Å². The molecule has 2 aliphatic rings. The topological polar surface area (TPSA) is 32.3 Å². The molecule has 1 N–H and O–H groups in total. The number of benzene rings is 1. The summed E-state index contributed by atoms with van der Waals surface area (Å²) >= 11 is 6.06. The first-order valence-corrected chi connectivity index (χ1v) is 8.62. The van der Waals surface area contributed by atoms with Crippen LogP contribution in [0.3, 0.4) is 0 Å². The van der Waals surface area contributed by atoms with E-state index in [4.69, 9.17) is 11.6 Å². The zero-order valence-electron chi connectivity index (χ0n) is 13.8. The number of amides is 1. The fraction of sp³-hybridized carbons (Fsp3) is 0.611. The number of hydrogen-bond acceptors (Lipinski definition) is 2. The van der Waals surface area contributed by atoms with Crippen LogP contribution < -0.4 is 5.32 Å². The summed E-state index contributed by atoms with van der Waals surface area (Å²) in [7, 11) is 0. The summed E-state index contributed by atoms with van der Waals surface area (Å²) in [4.78, 5) is 15.1. The number of nitrogens with one attached hydrogen (secondary N) is 1. The highest BCUT2D eigenvalue weighted by Gasteiger charge is 2.37. The lowest BCUT2D eigenvalue weighted by Gasteiger charge is -2.33. The molecule has 2 fully saturated rings. The van der Waals surface area contributed by atoms with Gasteiger partial charge in [0.25, 0.3) is 0 Å². The molecule has 1 aromatic rings. The van der Waals surface area contributed by atoms with Gasteiger partial charge in [0.15, 0.2) is 0 Å². The second-order valence-corrected chi connectivity index (χ2v) is 7.80. The predicted molar refractivity (Wildman–Crippen MR) is 97.3 cm³/mol. The van der Waals surface area contributed by atoms with E-state index in [0.717, 1.165) is 36.5 Å². The fourth-order valence-electron chi connectivity index (χ4n) is 3.79. The Kier molecular flexibility index (Phi) is 5.99. The highest BCUT2D eigenvalue weighted by Crippen LogP contribution is 2.28. The molecular weight excluding hydrogens is 331 g/mol. The van der Waals surface area contributed by atoms with Crippen molar-refractivity contribution in [2.45, 2.75) is 51.6 Å². The van der Waals surface area contributed by atoms with Crippen LogP contribution in [0.25, 0.3) is 0 Å². The van der Waals surface area contributed by atoms with Gasteiger partial charge in [-0.3, -0.25) is 4.79 Å². The Morgan fingerprint density at radius 3 is 2.78 bits per heavy atom. The summed E-state index contributed by atoms with van der Waals surface area (Å²) in [6.45, 7) is 5.83. The lowest BCUT2D eigenvalue weighted by Crippen LogP contribution is -2.46. The smallest absolute Gasteiger partial charge is 0.228 e. The Balaban J connectivity index is 0.00000192. The van der Waals surface area contributed by atoms with Gasteiger partial charge in [0.05, 0.1) is 0 Å². The molecule has 2 bridgehead atoms. The van der Waals surface area contributed by atoms with Gasteiger partial charge in [-0.2, -0.15) is 0 Å². The van der Waals surface area contributed by atoms with E-state index in [1.807, 2.05) is 38.1 Å². The van der Waals surface area contributed by atoms with E-state index in [1.165, 1.54) is 12.8 Å². The first kappa shape index (κ1) is 18.6. The molecule has 2 aliphatic heterocycles. The molecular formula is C18H26Cl2N2O. The number of carbonyl (C=O) groups excluding carboxylic acids is 1. The third-order valence-corrected chi connectivity index (χ3v) is 5.16. The first-order valence-electron chi connectivity index (χ1n) is 8.24. The fourth-order valence-corrected chi connectivity index (χ4v) is 4.00. The highest BCUT2D eigenvalue weighted by molar-refractivity contribution is 6.30. The van der Waals surface area contributed by atoms with Gasteiger partial charge in [-0.05, 0) is 43.4 Å². The van der Waals surface area contributed by atoms with E-state index in [0.29, 0.717) is 12.1 Å². The van der Waals surface area contributed by atoms with Crippen LogP contribution in [0.4, 0.5) is 0 Å². The van der Waals surface area contributed by atoms with Gasteiger partial charge in [0.1, 0.15) is 0 Å². The third-order valence-electron chi connectivity index (χ3n) is 4.92. The predicted octanol–water partition coefficient (Wildman–Crippen LogP) is 3.68. The van der Waals surface area contributed by atoms with Gasteiger partial charge in [-0.15, -0.1) is 12.4 Å². The molecule has 0 radical (unpaired) electrons. The second kappa shape index (κ2) is 7.42. The number of fused-ring (bicyclic) bond motifs is 2.